The fourth-order valence-electron chi connectivity index (χ4n) is 4.68. The van der Waals surface area contributed by atoms with Gasteiger partial charge in [0.05, 0.1) is 17.6 Å². The van der Waals surface area contributed by atoms with E-state index in [-0.39, 0.29) is 17.2 Å². The Morgan fingerprint density at radius 3 is 2.71 bits per heavy atom. The van der Waals surface area contributed by atoms with Crippen LogP contribution in [0.2, 0.25) is 0 Å². The molecule has 2 aromatic heterocycles. The minimum atomic E-state index is -0.238. The number of thioether (sulfide) groups is 1. The number of fused-ring (bicyclic) bond motifs is 3. The molecule has 0 N–H and O–H groups in total. The first-order chi connectivity index (χ1) is 14.9. The van der Waals surface area contributed by atoms with Crippen molar-refractivity contribution < 1.29 is 4.74 Å². The summed E-state index contributed by atoms with van der Waals surface area (Å²) in [6.07, 6.45) is 6.56. The van der Waals surface area contributed by atoms with E-state index >= 15 is 0 Å². The summed E-state index contributed by atoms with van der Waals surface area (Å²) in [5.41, 5.74) is 2.32. The monoisotopic (exact) mass is 518 g/mol. The minimum Gasteiger partial charge on any atom is -0.370 e. The Morgan fingerprint density at radius 1 is 1.23 bits per heavy atom. The van der Waals surface area contributed by atoms with Crippen LogP contribution in [0.25, 0.3) is 10.2 Å². The Morgan fingerprint density at radius 2 is 1.97 bits per heavy atom. The maximum Gasteiger partial charge on any atom is 0.263 e. The molecule has 1 fully saturated rings. The predicted molar refractivity (Wildman–Crippen MR) is 132 cm³/mol. The highest BCUT2D eigenvalue weighted by atomic mass is 79.9. The SMILES string of the molecule is CC1(C)Cc2c(sc3nc(SCc4ccc(Br)cc4)n(C4CCCCC4)c(=O)c23)CO1. The minimum absolute atomic E-state index is 0.158. The number of nitrogens with zero attached hydrogens (tertiary/aromatic N) is 2. The zero-order valence-corrected chi connectivity index (χ0v) is 21.2. The zero-order chi connectivity index (χ0) is 21.6. The van der Waals surface area contributed by atoms with E-state index in [1.54, 1.807) is 23.1 Å². The summed E-state index contributed by atoms with van der Waals surface area (Å²) in [5, 5.41) is 1.71. The number of halogens is 1. The maximum atomic E-state index is 13.9. The van der Waals surface area contributed by atoms with Crippen molar-refractivity contribution in [3.05, 3.63) is 55.1 Å². The predicted octanol–water partition coefficient (Wildman–Crippen LogP) is 6.87. The number of hydrogen-bond acceptors (Lipinski definition) is 5. The lowest BCUT2D eigenvalue weighted by molar-refractivity contribution is -0.0379. The number of benzene rings is 1. The van der Waals surface area contributed by atoms with Crippen molar-refractivity contribution >= 4 is 49.2 Å². The molecule has 3 heterocycles. The highest BCUT2D eigenvalue weighted by molar-refractivity contribution is 9.10. The van der Waals surface area contributed by atoms with E-state index in [0.29, 0.717) is 6.61 Å². The molecule has 0 atom stereocenters. The number of thiophene rings is 1. The van der Waals surface area contributed by atoms with E-state index in [2.05, 4.69) is 54.0 Å². The summed E-state index contributed by atoms with van der Waals surface area (Å²) in [6, 6.07) is 8.64. The van der Waals surface area contributed by atoms with Crippen LogP contribution >= 0.6 is 39.0 Å². The third-order valence-corrected chi connectivity index (χ3v) is 8.98. The van der Waals surface area contributed by atoms with Crippen molar-refractivity contribution in [3.63, 3.8) is 0 Å². The first-order valence-electron chi connectivity index (χ1n) is 11.0. The average molecular weight is 520 g/mol. The van der Waals surface area contributed by atoms with Gasteiger partial charge < -0.3 is 4.74 Å². The Labute approximate surface area is 199 Å². The molecule has 4 nitrogen and oxygen atoms in total. The van der Waals surface area contributed by atoms with Gasteiger partial charge in [-0.3, -0.25) is 9.36 Å². The third-order valence-electron chi connectivity index (χ3n) is 6.33. The van der Waals surface area contributed by atoms with E-state index in [4.69, 9.17) is 9.72 Å². The van der Waals surface area contributed by atoms with Gasteiger partial charge in [0.15, 0.2) is 5.16 Å². The van der Waals surface area contributed by atoms with Crippen LogP contribution in [0.4, 0.5) is 0 Å². The summed E-state index contributed by atoms with van der Waals surface area (Å²) in [6.45, 7) is 4.79. The van der Waals surface area contributed by atoms with Crippen molar-refractivity contribution in [2.45, 2.75) is 81.5 Å². The van der Waals surface area contributed by atoms with Gasteiger partial charge in [-0.15, -0.1) is 11.3 Å². The molecule has 1 aromatic carbocycles. The fraction of sp³-hybridized carbons (Fsp3) is 0.500. The van der Waals surface area contributed by atoms with Crippen LogP contribution in [-0.4, -0.2) is 15.2 Å². The van der Waals surface area contributed by atoms with Gasteiger partial charge >= 0.3 is 0 Å². The van der Waals surface area contributed by atoms with Crippen LogP contribution in [0.1, 0.15) is 68.0 Å². The molecule has 0 radical (unpaired) electrons. The van der Waals surface area contributed by atoms with Gasteiger partial charge in [-0.1, -0.05) is 59.1 Å². The largest absolute Gasteiger partial charge is 0.370 e. The lowest BCUT2D eigenvalue weighted by Crippen LogP contribution is -2.33. The number of rotatable bonds is 4. The standard InChI is InChI=1S/C24H27BrN2O2S2/c1-24(2)12-18-19(13-29-24)31-21-20(18)22(28)27(17-6-4-3-5-7-17)23(26-21)30-14-15-8-10-16(25)11-9-15/h8-11,17H,3-7,12-14H2,1-2H3. The lowest BCUT2D eigenvalue weighted by Gasteiger charge is -2.30. The topological polar surface area (TPSA) is 44.1 Å². The Bertz CT molecular complexity index is 1160. The van der Waals surface area contributed by atoms with Crippen LogP contribution in [0, 0.1) is 0 Å². The van der Waals surface area contributed by atoms with Crippen LogP contribution in [0.5, 0.6) is 0 Å². The van der Waals surface area contributed by atoms with Crippen LogP contribution in [0.15, 0.2) is 38.7 Å². The molecule has 1 aliphatic heterocycles. The van der Waals surface area contributed by atoms with E-state index in [1.807, 2.05) is 4.57 Å². The quantitative estimate of drug-likeness (QED) is 0.279. The average Bonchev–Trinajstić information content (AvgIpc) is 3.10. The number of ether oxygens (including phenoxy) is 1. The molecule has 0 bridgehead atoms. The molecule has 7 heteroatoms. The number of aromatic nitrogens is 2. The molecule has 2 aliphatic rings. The van der Waals surface area contributed by atoms with E-state index in [0.717, 1.165) is 44.9 Å². The first kappa shape index (κ1) is 21.7. The summed E-state index contributed by atoms with van der Waals surface area (Å²) in [7, 11) is 0. The second kappa shape index (κ2) is 8.65. The van der Waals surface area contributed by atoms with Crippen LogP contribution in [-0.2, 0) is 23.5 Å². The second-order valence-corrected chi connectivity index (χ2v) is 12.1. The molecule has 3 aromatic rings. The van der Waals surface area contributed by atoms with E-state index in [1.165, 1.54) is 35.3 Å². The molecule has 31 heavy (non-hydrogen) atoms. The zero-order valence-electron chi connectivity index (χ0n) is 17.9. The molecular formula is C24H27BrN2O2S2. The van der Waals surface area contributed by atoms with E-state index < -0.39 is 0 Å². The van der Waals surface area contributed by atoms with Gasteiger partial charge in [-0.05, 0) is 49.9 Å². The molecule has 1 aliphatic carbocycles. The van der Waals surface area contributed by atoms with Gasteiger partial charge in [-0.2, -0.15) is 0 Å². The highest BCUT2D eigenvalue weighted by Gasteiger charge is 2.32. The highest BCUT2D eigenvalue weighted by Crippen LogP contribution is 2.39. The first-order valence-corrected chi connectivity index (χ1v) is 13.6. The second-order valence-electron chi connectivity index (χ2n) is 9.19. The fourth-order valence-corrected chi connectivity index (χ4v) is 7.11. The van der Waals surface area contributed by atoms with Gasteiger partial charge in [-0.25, -0.2) is 4.98 Å². The molecule has 0 amide bonds. The smallest absolute Gasteiger partial charge is 0.263 e. The van der Waals surface area contributed by atoms with Crippen LogP contribution in [0.3, 0.4) is 0 Å². The van der Waals surface area contributed by atoms with Crippen molar-refractivity contribution in [1.29, 1.82) is 0 Å². The Kier molecular flexibility index (Phi) is 6.05. The molecule has 0 saturated heterocycles. The lowest BCUT2D eigenvalue weighted by atomic mass is 9.93. The molecule has 0 spiro atoms. The Hall–Kier alpha value is -1.15. The van der Waals surface area contributed by atoms with Crippen LogP contribution < -0.4 is 5.56 Å². The van der Waals surface area contributed by atoms with Crippen molar-refractivity contribution in [2.75, 3.05) is 0 Å². The van der Waals surface area contributed by atoms with E-state index in [9.17, 15) is 4.79 Å². The van der Waals surface area contributed by atoms with Gasteiger partial charge in [0.2, 0.25) is 0 Å². The molecule has 1 saturated carbocycles. The number of hydrogen-bond donors (Lipinski definition) is 0. The Balaban J connectivity index is 1.59. The maximum absolute atomic E-state index is 13.9. The van der Waals surface area contributed by atoms with Gasteiger partial charge in [0.1, 0.15) is 4.83 Å². The molecule has 5 rings (SSSR count). The van der Waals surface area contributed by atoms with Crippen molar-refractivity contribution in [2.24, 2.45) is 0 Å². The summed E-state index contributed by atoms with van der Waals surface area (Å²) in [5.74, 6) is 0.805. The molecule has 0 unspecified atom stereocenters. The molecule has 164 valence electrons. The summed E-state index contributed by atoms with van der Waals surface area (Å²) >= 11 is 6.83. The summed E-state index contributed by atoms with van der Waals surface area (Å²) in [4.78, 5) is 21.0. The molecular weight excluding hydrogens is 492 g/mol. The summed E-state index contributed by atoms with van der Waals surface area (Å²) < 4.78 is 9.14. The van der Waals surface area contributed by atoms with Gasteiger partial charge in [0.25, 0.3) is 5.56 Å². The third kappa shape index (κ3) is 4.39. The van der Waals surface area contributed by atoms with Gasteiger partial charge in [0, 0.05) is 27.6 Å². The van der Waals surface area contributed by atoms with Crippen molar-refractivity contribution in [3.8, 4) is 0 Å². The normalized spacial score (nSPS) is 18.9. The van der Waals surface area contributed by atoms with Crippen molar-refractivity contribution in [1.82, 2.24) is 9.55 Å².